The van der Waals surface area contributed by atoms with Crippen molar-refractivity contribution in [2.45, 2.75) is 13.8 Å². The van der Waals surface area contributed by atoms with E-state index in [4.69, 9.17) is 9.47 Å². The van der Waals surface area contributed by atoms with Gasteiger partial charge in [0.1, 0.15) is 11.5 Å². The van der Waals surface area contributed by atoms with Crippen molar-refractivity contribution in [1.29, 1.82) is 0 Å². The molecule has 3 aromatic rings. The van der Waals surface area contributed by atoms with Gasteiger partial charge in [0.15, 0.2) is 0 Å². The quantitative estimate of drug-likeness (QED) is 0.338. The molecule has 4 heteroatoms. The average Bonchev–Trinajstić information content (AvgIpc) is 2.68. The van der Waals surface area contributed by atoms with Gasteiger partial charge in [-0.2, -0.15) is 0 Å². The first kappa shape index (κ1) is 19.1. The lowest BCUT2D eigenvalue weighted by Crippen LogP contribution is -2.08. The van der Waals surface area contributed by atoms with Gasteiger partial charge < -0.3 is 9.47 Å². The van der Waals surface area contributed by atoms with E-state index in [1.807, 2.05) is 42.5 Å². The van der Waals surface area contributed by atoms with Crippen LogP contribution in [0, 0.1) is 0 Å². The maximum absolute atomic E-state index is 11.8. The third-order valence-corrected chi connectivity index (χ3v) is 4.14. The van der Waals surface area contributed by atoms with Gasteiger partial charge in [0.25, 0.3) is 0 Å². The van der Waals surface area contributed by atoms with E-state index in [1.165, 1.54) is 0 Å². The molecule has 3 aromatic carbocycles. The highest BCUT2D eigenvalue weighted by molar-refractivity contribution is 5.96. The molecular weight excluding hydrogens is 352 g/mol. The lowest BCUT2D eigenvalue weighted by atomic mass is 10.0. The topological polar surface area (TPSA) is 52.6 Å². The number of esters is 2. The molecule has 0 aliphatic carbocycles. The molecular formula is C24H20O4. The first-order valence-electron chi connectivity index (χ1n) is 8.74. The zero-order valence-corrected chi connectivity index (χ0v) is 15.8. The molecule has 0 radical (unpaired) electrons. The van der Waals surface area contributed by atoms with Crippen LogP contribution in [0.15, 0.2) is 85.0 Å². The second-order valence-corrected chi connectivity index (χ2v) is 6.56. The number of benzene rings is 3. The fourth-order valence-corrected chi connectivity index (χ4v) is 2.62. The van der Waals surface area contributed by atoms with Crippen molar-refractivity contribution >= 4 is 22.7 Å². The summed E-state index contributed by atoms with van der Waals surface area (Å²) in [6.45, 7) is 10.4. The molecule has 0 amide bonds. The van der Waals surface area contributed by atoms with Crippen LogP contribution in [0.3, 0.4) is 0 Å². The molecule has 0 aliphatic heterocycles. The molecule has 0 saturated heterocycles. The van der Waals surface area contributed by atoms with Crippen molar-refractivity contribution in [1.82, 2.24) is 0 Å². The van der Waals surface area contributed by atoms with Crippen molar-refractivity contribution in [3.63, 3.8) is 0 Å². The number of hydrogen-bond donors (Lipinski definition) is 0. The minimum absolute atomic E-state index is 0.348. The van der Waals surface area contributed by atoms with Crippen molar-refractivity contribution in [3.05, 3.63) is 85.0 Å². The van der Waals surface area contributed by atoms with Crippen LogP contribution in [0.25, 0.3) is 21.9 Å². The zero-order chi connectivity index (χ0) is 20.3. The maximum atomic E-state index is 11.8. The Morgan fingerprint density at radius 3 is 2.00 bits per heavy atom. The molecule has 0 aliphatic rings. The number of ether oxygens (including phenoxy) is 2. The molecule has 28 heavy (non-hydrogen) atoms. The van der Waals surface area contributed by atoms with Gasteiger partial charge in [-0.1, -0.05) is 49.6 Å². The van der Waals surface area contributed by atoms with E-state index in [0.29, 0.717) is 22.6 Å². The van der Waals surface area contributed by atoms with Crippen LogP contribution >= 0.6 is 0 Å². The minimum atomic E-state index is -0.449. The van der Waals surface area contributed by atoms with Crippen LogP contribution in [0.5, 0.6) is 11.5 Å². The van der Waals surface area contributed by atoms with Gasteiger partial charge in [0, 0.05) is 16.5 Å². The first-order chi connectivity index (χ1) is 13.3. The molecule has 0 heterocycles. The highest BCUT2D eigenvalue weighted by Crippen LogP contribution is 2.31. The van der Waals surface area contributed by atoms with Gasteiger partial charge >= 0.3 is 11.9 Å². The van der Waals surface area contributed by atoms with Gasteiger partial charge in [-0.15, -0.1) is 0 Å². The largest absolute Gasteiger partial charge is 0.423 e. The summed E-state index contributed by atoms with van der Waals surface area (Å²) in [7, 11) is 0. The Bertz CT molecular complexity index is 1090. The highest BCUT2D eigenvalue weighted by Gasteiger charge is 2.10. The average molecular weight is 372 g/mol. The second kappa shape index (κ2) is 7.92. The predicted octanol–water partition coefficient (Wildman–Crippen LogP) is 5.47. The summed E-state index contributed by atoms with van der Waals surface area (Å²) >= 11 is 0. The number of carbonyl (C=O) groups excluding carboxylic acids is 2. The van der Waals surface area contributed by atoms with Crippen LogP contribution in [0.1, 0.15) is 13.8 Å². The van der Waals surface area contributed by atoms with Crippen LogP contribution in [0.2, 0.25) is 0 Å². The molecule has 0 atom stereocenters. The Hall–Kier alpha value is -3.66. The van der Waals surface area contributed by atoms with Crippen molar-refractivity contribution in [2.75, 3.05) is 0 Å². The van der Waals surface area contributed by atoms with Crippen molar-refractivity contribution in [3.8, 4) is 22.6 Å². The SMILES string of the molecule is C=C(C)C(=O)Oc1ccc(-c2ccc3c(OC(=O)C(=C)C)cccc3c2)cc1. The summed E-state index contributed by atoms with van der Waals surface area (Å²) in [5.74, 6) is 0.0670. The number of hydrogen-bond acceptors (Lipinski definition) is 4. The van der Waals surface area contributed by atoms with Gasteiger partial charge in [-0.25, -0.2) is 9.59 Å². The summed E-state index contributed by atoms with van der Waals surface area (Å²) < 4.78 is 10.6. The van der Waals surface area contributed by atoms with E-state index in [9.17, 15) is 9.59 Å². The molecule has 140 valence electrons. The monoisotopic (exact) mass is 372 g/mol. The number of carbonyl (C=O) groups is 2. The van der Waals surface area contributed by atoms with E-state index in [2.05, 4.69) is 13.2 Å². The summed E-state index contributed by atoms with van der Waals surface area (Å²) in [6, 6.07) is 18.7. The standard InChI is InChI=1S/C24H20O4/c1-15(2)23(25)27-20-11-8-17(9-12-20)18-10-13-21-19(14-18)6-5-7-22(21)28-24(26)16(3)4/h5-14H,1,3H2,2,4H3. The number of rotatable bonds is 5. The van der Waals surface area contributed by atoms with Gasteiger partial charge in [-0.05, 0) is 54.6 Å². The van der Waals surface area contributed by atoms with Crippen LogP contribution in [0.4, 0.5) is 0 Å². The van der Waals surface area contributed by atoms with E-state index in [1.54, 1.807) is 32.0 Å². The molecule has 0 aromatic heterocycles. The summed E-state index contributed by atoms with van der Waals surface area (Å²) in [4.78, 5) is 23.4. The van der Waals surface area contributed by atoms with E-state index in [-0.39, 0.29) is 0 Å². The first-order valence-corrected chi connectivity index (χ1v) is 8.74. The second-order valence-electron chi connectivity index (χ2n) is 6.56. The molecule has 0 N–H and O–H groups in total. The third-order valence-electron chi connectivity index (χ3n) is 4.14. The fourth-order valence-electron chi connectivity index (χ4n) is 2.62. The van der Waals surface area contributed by atoms with Gasteiger partial charge in [-0.3, -0.25) is 0 Å². The summed E-state index contributed by atoms with van der Waals surface area (Å²) in [6.07, 6.45) is 0. The minimum Gasteiger partial charge on any atom is -0.423 e. The lowest BCUT2D eigenvalue weighted by Gasteiger charge is -2.10. The molecule has 0 saturated carbocycles. The maximum Gasteiger partial charge on any atom is 0.338 e. The normalized spacial score (nSPS) is 10.4. The number of fused-ring (bicyclic) bond motifs is 1. The van der Waals surface area contributed by atoms with E-state index < -0.39 is 11.9 Å². The summed E-state index contributed by atoms with van der Waals surface area (Å²) in [5.41, 5.74) is 2.66. The predicted molar refractivity (Wildman–Crippen MR) is 110 cm³/mol. The highest BCUT2D eigenvalue weighted by atomic mass is 16.5. The van der Waals surface area contributed by atoms with Crippen molar-refractivity contribution < 1.29 is 19.1 Å². The van der Waals surface area contributed by atoms with Gasteiger partial charge in [0.2, 0.25) is 0 Å². The Morgan fingerprint density at radius 2 is 1.36 bits per heavy atom. The Morgan fingerprint density at radius 1 is 0.750 bits per heavy atom. The van der Waals surface area contributed by atoms with Crippen LogP contribution in [-0.2, 0) is 9.59 Å². The van der Waals surface area contributed by atoms with Crippen LogP contribution in [-0.4, -0.2) is 11.9 Å². The van der Waals surface area contributed by atoms with E-state index in [0.717, 1.165) is 21.9 Å². The summed E-state index contributed by atoms with van der Waals surface area (Å²) in [5, 5.41) is 1.79. The lowest BCUT2D eigenvalue weighted by molar-refractivity contribution is -0.130. The third kappa shape index (κ3) is 4.18. The van der Waals surface area contributed by atoms with Crippen LogP contribution < -0.4 is 9.47 Å². The zero-order valence-electron chi connectivity index (χ0n) is 15.8. The molecule has 4 nitrogen and oxygen atoms in total. The Kier molecular flexibility index (Phi) is 5.41. The molecule has 3 rings (SSSR count). The fraction of sp³-hybridized carbons (Fsp3) is 0.0833. The molecule has 0 fully saturated rings. The molecule has 0 unspecified atom stereocenters. The van der Waals surface area contributed by atoms with Crippen molar-refractivity contribution in [2.24, 2.45) is 0 Å². The Balaban J connectivity index is 1.88. The van der Waals surface area contributed by atoms with Gasteiger partial charge in [0.05, 0.1) is 0 Å². The molecule has 0 spiro atoms. The molecule has 0 bridgehead atoms. The smallest absolute Gasteiger partial charge is 0.338 e. The van der Waals surface area contributed by atoms with E-state index >= 15 is 0 Å². The Labute approximate surface area is 163 Å².